The van der Waals surface area contributed by atoms with E-state index in [-0.39, 0.29) is 5.75 Å². The zero-order valence-corrected chi connectivity index (χ0v) is 14.3. The minimum absolute atomic E-state index is 0.00584. The fourth-order valence-corrected chi connectivity index (χ4v) is 2.90. The lowest BCUT2D eigenvalue weighted by atomic mass is 10.4. The third kappa shape index (κ3) is 4.18. The first-order valence-corrected chi connectivity index (χ1v) is 8.34. The van der Waals surface area contributed by atoms with E-state index in [1.54, 1.807) is 6.20 Å². The fourth-order valence-electron chi connectivity index (χ4n) is 1.83. The molecule has 8 heteroatoms. The molecule has 6 nitrogen and oxygen atoms in total. The average Bonchev–Trinajstić information content (AvgIpc) is 2.79. The summed E-state index contributed by atoms with van der Waals surface area (Å²) in [4.78, 5) is 21.9. The Labute approximate surface area is 135 Å². The number of aliphatic carboxylic acids is 1. The summed E-state index contributed by atoms with van der Waals surface area (Å²) >= 11 is 4.61. The van der Waals surface area contributed by atoms with Crippen molar-refractivity contribution in [2.75, 3.05) is 25.9 Å². The Hall–Kier alpha value is -1.12. The Morgan fingerprint density at radius 1 is 1.57 bits per heavy atom. The second-order valence-electron chi connectivity index (χ2n) is 4.62. The first-order chi connectivity index (χ1) is 10.0. The molecule has 21 heavy (non-hydrogen) atoms. The predicted octanol–water partition coefficient (Wildman–Crippen LogP) is 2.32. The number of hydrogen-bond donors (Lipinski definition) is 1. The third-order valence-electron chi connectivity index (χ3n) is 3.09. The van der Waals surface area contributed by atoms with E-state index in [9.17, 15) is 4.79 Å². The highest BCUT2D eigenvalue weighted by atomic mass is 79.9. The predicted molar refractivity (Wildman–Crippen MR) is 86.8 cm³/mol. The van der Waals surface area contributed by atoms with E-state index in [0.717, 1.165) is 35.3 Å². The van der Waals surface area contributed by atoms with Gasteiger partial charge in [0.1, 0.15) is 5.52 Å². The summed E-state index contributed by atoms with van der Waals surface area (Å²) < 4.78 is 2.85. The molecule has 0 saturated heterocycles. The minimum Gasteiger partial charge on any atom is -0.481 e. The van der Waals surface area contributed by atoms with Crippen molar-refractivity contribution in [1.82, 2.24) is 19.4 Å². The van der Waals surface area contributed by atoms with Crippen LogP contribution in [0, 0.1) is 0 Å². The molecule has 2 aromatic rings. The highest BCUT2D eigenvalue weighted by molar-refractivity contribution is 9.10. The van der Waals surface area contributed by atoms with Crippen LogP contribution in [-0.2, 0) is 11.3 Å². The van der Waals surface area contributed by atoms with Gasteiger partial charge in [0.05, 0.1) is 5.75 Å². The second kappa shape index (κ2) is 7.24. The molecule has 0 aromatic carbocycles. The van der Waals surface area contributed by atoms with Crippen LogP contribution in [0.1, 0.15) is 6.92 Å². The molecule has 0 saturated carbocycles. The van der Waals surface area contributed by atoms with E-state index in [0.29, 0.717) is 5.16 Å². The molecule has 0 aliphatic rings. The van der Waals surface area contributed by atoms with Gasteiger partial charge in [-0.2, -0.15) is 0 Å². The van der Waals surface area contributed by atoms with Gasteiger partial charge in [-0.25, -0.2) is 9.97 Å². The molecule has 0 atom stereocenters. The van der Waals surface area contributed by atoms with Crippen molar-refractivity contribution in [3.8, 4) is 0 Å². The molecular weight excluding hydrogens is 356 g/mol. The summed E-state index contributed by atoms with van der Waals surface area (Å²) in [6.07, 6.45) is 1.73. The van der Waals surface area contributed by atoms with Gasteiger partial charge in [0.15, 0.2) is 10.8 Å². The van der Waals surface area contributed by atoms with Crippen LogP contribution in [0.4, 0.5) is 0 Å². The van der Waals surface area contributed by atoms with Crippen molar-refractivity contribution in [3.05, 3.63) is 16.7 Å². The van der Waals surface area contributed by atoms with Gasteiger partial charge in [-0.15, -0.1) is 0 Å². The van der Waals surface area contributed by atoms with Crippen LogP contribution >= 0.6 is 27.7 Å². The third-order valence-corrected chi connectivity index (χ3v) is 4.48. The number of rotatable bonds is 7. The van der Waals surface area contributed by atoms with Crippen LogP contribution in [0.15, 0.2) is 21.9 Å². The Balaban J connectivity index is 2.32. The largest absolute Gasteiger partial charge is 0.481 e. The number of carboxylic acids is 1. The SMILES string of the molecule is CCN(C)CCn1c(SCC(=O)O)nc2cc(Br)cnc21. The monoisotopic (exact) mass is 372 g/mol. The van der Waals surface area contributed by atoms with Crippen LogP contribution in [0.25, 0.3) is 11.2 Å². The smallest absolute Gasteiger partial charge is 0.313 e. The summed E-state index contributed by atoms with van der Waals surface area (Å²) in [5.74, 6) is -0.855. The van der Waals surface area contributed by atoms with E-state index < -0.39 is 5.97 Å². The lowest BCUT2D eigenvalue weighted by Crippen LogP contribution is -2.23. The maximum atomic E-state index is 10.8. The molecule has 114 valence electrons. The normalized spacial score (nSPS) is 11.4. The molecule has 0 spiro atoms. The molecule has 1 N–H and O–H groups in total. The molecule has 2 heterocycles. The van der Waals surface area contributed by atoms with E-state index in [4.69, 9.17) is 5.11 Å². The number of carboxylic acid groups (broad SMARTS) is 1. The van der Waals surface area contributed by atoms with E-state index in [1.165, 1.54) is 11.8 Å². The van der Waals surface area contributed by atoms with Crippen molar-refractivity contribution in [1.29, 1.82) is 0 Å². The van der Waals surface area contributed by atoms with Crippen LogP contribution in [0.2, 0.25) is 0 Å². The summed E-state index contributed by atoms with van der Waals surface area (Å²) in [6, 6.07) is 1.90. The number of imidazole rings is 1. The first kappa shape index (κ1) is 16.3. The van der Waals surface area contributed by atoms with E-state index >= 15 is 0 Å². The number of halogens is 1. The van der Waals surface area contributed by atoms with Gasteiger partial charge in [-0.3, -0.25) is 4.79 Å². The van der Waals surface area contributed by atoms with Crippen molar-refractivity contribution < 1.29 is 9.90 Å². The highest BCUT2D eigenvalue weighted by Crippen LogP contribution is 2.24. The Morgan fingerprint density at radius 2 is 2.33 bits per heavy atom. The minimum atomic E-state index is -0.849. The van der Waals surface area contributed by atoms with Crippen LogP contribution in [0.5, 0.6) is 0 Å². The van der Waals surface area contributed by atoms with Gasteiger partial charge in [0.25, 0.3) is 0 Å². The lowest BCUT2D eigenvalue weighted by molar-refractivity contribution is -0.133. The molecule has 2 rings (SSSR count). The Bertz CT molecular complexity index is 646. The number of hydrogen-bond acceptors (Lipinski definition) is 5. The molecule has 0 unspecified atom stereocenters. The number of likely N-dealkylation sites (N-methyl/N-ethyl adjacent to an activating group) is 1. The molecule has 0 bridgehead atoms. The quantitative estimate of drug-likeness (QED) is 0.752. The number of fused-ring (bicyclic) bond motifs is 1. The number of thioether (sulfide) groups is 1. The standard InChI is InChI=1S/C13H17BrN4O2S/c1-3-17(2)4-5-18-12-10(6-9(14)7-15-12)16-13(18)21-8-11(19)20/h6-7H,3-5,8H2,1-2H3,(H,19,20). The summed E-state index contributed by atoms with van der Waals surface area (Å²) in [5.41, 5.74) is 1.56. The van der Waals surface area contributed by atoms with E-state index in [1.807, 2.05) is 17.7 Å². The molecule has 0 amide bonds. The number of carbonyl (C=O) groups is 1. The summed E-state index contributed by atoms with van der Waals surface area (Å²) in [7, 11) is 2.05. The van der Waals surface area contributed by atoms with Crippen molar-refractivity contribution in [2.24, 2.45) is 0 Å². The van der Waals surface area contributed by atoms with Crippen LogP contribution in [0.3, 0.4) is 0 Å². The molecule has 2 aromatic heterocycles. The number of pyridine rings is 1. The Morgan fingerprint density at radius 3 is 3.00 bits per heavy atom. The zero-order valence-electron chi connectivity index (χ0n) is 11.9. The summed E-state index contributed by atoms with van der Waals surface area (Å²) in [6.45, 7) is 4.66. The summed E-state index contributed by atoms with van der Waals surface area (Å²) in [5, 5.41) is 9.55. The van der Waals surface area contributed by atoms with Gasteiger partial charge in [-0.1, -0.05) is 18.7 Å². The fraction of sp³-hybridized carbons (Fsp3) is 0.462. The van der Waals surface area contributed by atoms with Gasteiger partial charge in [0, 0.05) is 23.8 Å². The zero-order chi connectivity index (χ0) is 15.4. The Kier molecular flexibility index (Phi) is 5.60. The molecular formula is C13H17BrN4O2S. The van der Waals surface area contributed by atoms with Gasteiger partial charge in [0.2, 0.25) is 0 Å². The van der Waals surface area contributed by atoms with E-state index in [2.05, 4.69) is 37.7 Å². The van der Waals surface area contributed by atoms with Crippen LogP contribution in [-0.4, -0.2) is 56.4 Å². The number of nitrogens with zero attached hydrogens (tertiary/aromatic N) is 4. The van der Waals surface area contributed by atoms with Crippen LogP contribution < -0.4 is 0 Å². The molecule has 0 aliphatic heterocycles. The maximum absolute atomic E-state index is 10.8. The molecule has 0 radical (unpaired) electrons. The maximum Gasteiger partial charge on any atom is 0.313 e. The van der Waals surface area contributed by atoms with Gasteiger partial charge >= 0.3 is 5.97 Å². The topological polar surface area (TPSA) is 71.2 Å². The van der Waals surface area contributed by atoms with Gasteiger partial charge in [-0.05, 0) is 35.6 Å². The molecule has 0 fully saturated rings. The number of aromatic nitrogens is 3. The van der Waals surface area contributed by atoms with Crippen molar-refractivity contribution in [3.63, 3.8) is 0 Å². The highest BCUT2D eigenvalue weighted by Gasteiger charge is 2.14. The first-order valence-electron chi connectivity index (χ1n) is 6.56. The second-order valence-corrected chi connectivity index (χ2v) is 6.48. The van der Waals surface area contributed by atoms with Crippen molar-refractivity contribution in [2.45, 2.75) is 18.6 Å². The van der Waals surface area contributed by atoms with Crippen molar-refractivity contribution >= 4 is 44.8 Å². The average molecular weight is 373 g/mol. The molecule has 0 aliphatic carbocycles. The lowest BCUT2D eigenvalue weighted by Gasteiger charge is -2.15. The van der Waals surface area contributed by atoms with Gasteiger partial charge < -0.3 is 14.6 Å².